The van der Waals surface area contributed by atoms with Crippen LogP contribution in [0.15, 0.2) is 24.3 Å². The van der Waals surface area contributed by atoms with Crippen molar-refractivity contribution >= 4 is 23.4 Å². The van der Waals surface area contributed by atoms with Crippen LogP contribution in [0.3, 0.4) is 0 Å². The molecule has 1 rings (SSSR count). The van der Waals surface area contributed by atoms with E-state index in [9.17, 15) is 9.59 Å². The van der Waals surface area contributed by atoms with Crippen molar-refractivity contribution in [2.45, 2.75) is 0 Å². The lowest BCUT2D eigenvalue weighted by Gasteiger charge is -2.04. The average Bonchev–Trinajstić information content (AvgIpc) is 2.18. The highest BCUT2D eigenvalue weighted by molar-refractivity contribution is 6.19. The normalized spacial score (nSPS) is 9.50. The molecule has 3 N–H and O–H groups in total. The largest absolute Gasteiger partial charge is 0.366 e. The summed E-state index contributed by atoms with van der Waals surface area (Å²) in [7, 11) is 0. The molecule has 0 fully saturated rings. The zero-order valence-corrected chi connectivity index (χ0v) is 8.04. The highest BCUT2D eigenvalue weighted by Gasteiger charge is 2.12. The van der Waals surface area contributed by atoms with E-state index in [1.165, 1.54) is 12.1 Å². The number of nitrogens with one attached hydrogen (secondary N) is 1. The molecule has 0 bridgehead atoms. The first-order chi connectivity index (χ1) is 6.66. The van der Waals surface area contributed by atoms with Gasteiger partial charge in [-0.15, -0.1) is 11.6 Å². The number of benzene rings is 1. The Morgan fingerprint density at radius 2 is 1.86 bits per heavy atom. The van der Waals surface area contributed by atoms with Crippen LogP contribution in [0, 0.1) is 0 Å². The number of amides is 2. The van der Waals surface area contributed by atoms with Crippen LogP contribution in [0.25, 0.3) is 0 Å². The van der Waals surface area contributed by atoms with Crippen LogP contribution in [0.2, 0.25) is 0 Å². The Morgan fingerprint density at radius 3 is 2.36 bits per heavy atom. The van der Waals surface area contributed by atoms with Gasteiger partial charge in [0.05, 0.1) is 17.1 Å². The first kappa shape index (κ1) is 10.5. The van der Waals surface area contributed by atoms with Gasteiger partial charge in [0.2, 0.25) is 5.91 Å². The molecular weight excluding hydrogens is 204 g/mol. The minimum atomic E-state index is -0.634. The van der Waals surface area contributed by atoms with E-state index < -0.39 is 11.8 Å². The highest BCUT2D eigenvalue weighted by Crippen LogP contribution is 2.07. The number of rotatable bonds is 3. The second-order valence-corrected chi connectivity index (χ2v) is 2.82. The van der Waals surface area contributed by atoms with E-state index in [2.05, 4.69) is 5.32 Å². The number of carbonyl (C=O) groups excluding carboxylic acids is 2. The average molecular weight is 213 g/mol. The van der Waals surface area contributed by atoms with Crippen molar-refractivity contribution in [3.8, 4) is 0 Å². The number of halogens is 1. The second kappa shape index (κ2) is 4.62. The van der Waals surface area contributed by atoms with Crippen LogP contribution in [-0.4, -0.2) is 17.8 Å². The zero-order valence-electron chi connectivity index (χ0n) is 7.29. The molecule has 74 valence electrons. The third-order valence-electron chi connectivity index (χ3n) is 1.66. The summed E-state index contributed by atoms with van der Waals surface area (Å²) >= 11 is 5.33. The number of primary amides is 1. The molecule has 0 atom stereocenters. The first-order valence-electron chi connectivity index (χ1n) is 3.90. The SMILES string of the molecule is NC(=O)c1ccccc1C(=O)NCCl. The molecule has 0 aliphatic rings. The lowest BCUT2D eigenvalue weighted by Crippen LogP contribution is -2.25. The molecule has 14 heavy (non-hydrogen) atoms. The van der Waals surface area contributed by atoms with Crippen molar-refractivity contribution in [2.75, 3.05) is 6.00 Å². The molecule has 2 amide bonds. The van der Waals surface area contributed by atoms with E-state index in [0.29, 0.717) is 0 Å². The molecule has 0 aliphatic carbocycles. The molecule has 0 saturated carbocycles. The van der Waals surface area contributed by atoms with Crippen LogP contribution in [-0.2, 0) is 0 Å². The Hall–Kier alpha value is -1.55. The van der Waals surface area contributed by atoms with Gasteiger partial charge in [0.15, 0.2) is 0 Å². The number of hydrogen-bond donors (Lipinski definition) is 2. The Balaban J connectivity index is 3.07. The van der Waals surface area contributed by atoms with Gasteiger partial charge in [-0.05, 0) is 12.1 Å². The maximum absolute atomic E-state index is 11.4. The topological polar surface area (TPSA) is 72.2 Å². The van der Waals surface area contributed by atoms with Crippen LogP contribution in [0.1, 0.15) is 20.7 Å². The number of carbonyl (C=O) groups is 2. The summed E-state index contributed by atoms with van der Waals surface area (Å²) in [5, 5.41) is 2.38. The predicted octanol–water partition coefficient (Wildman–Crippen LogP) is 0.712. The molecule has 0 spiro atoms. The molecule has 4 nitrogen and oxygen atoms in total. The van der Waals surface area contributed by atoms with Gasteiger partial charge in [-0.3, -0.25) is 9.59 Å². The zero-order chi connectivity index (χ0) is 10.6. The maximum Gasteiger partial charge on any atom is 0.253 e. The van der Waals surface area contributed by atoms with Gasteiger partial charge in [0, 0.05) is 0 Å². The molecule has 0 aromatic heterocycles. The summed E-state index contributed by atoms with van der Waals surface area (Å²) in [5.74, 6) is -1.04. The second-order valence-electron chi connectivity index (χ2n) is 2.55. The Kier molecular flexibility index (Phi) is 3.48. The molecule has 5 heteroatoms. The minimum Gasteiger partial charge on any atom is -0.366 e. The van der Waals surface area contributed by atoms with Crippen molar-refractivity contribution in [3.63, 3.8) is 0 Å². The fraction of sp³-hybridized carbons (Fsp3) is 0.111. The summed E-state index contributed by atoms with van der Waals surface area (Å²) in [6.45, 7) is 0. The van der Waals surface area contributed by atoms with E-state index in [1.807, 2.05) is 0 Å². The van der Waals surface area contributed by atoms with Gasteiger partial charge in [0.1, 0.15) is 0 Å². The summed E-state index contributed by atoms with van der Waals surface area (Å²) in [6, 6.07) is 6.28. The highest BCUT2D eigenvalue weighted by atomic mass is 35.5. The summed E-state index contributed by atoms with van der Waals surface area (Å²) in [4.78, 5) is 22.3. The molecule has 0 unspecified atom stereocenters. The van der Waals surface area contributed by atoms with Crippen molar-refractivity contribution in [3.05, 3.63) is 35.4 Å². The van der Waals surface area contributed by atoms with E-state index in [4.69, 9.17) is 17.3 Å². The van der Waals surface area contributed by atoms with Crippen molar-refractivity contribution in [1.29, 1.82) is 0 Å². The molecule has 0 radical (unpaired) electrons. The summed E-state index contributed by atoms with van der Waals surface area (Å²) in [5.41, 5.74) is 5.52. The lowest BCUT2D eigenvalue weighted by molar-refractivity contribution is 0.0941. The van der Waals surface area contributed by atoms with E-state index >= 15 is 0 Å². The fourth-order valence-corrected chi connectivity index (χ4v) is 1.17. The third-order valence-corrected chi connectivity index (χ3v) is 1.80. The lowest BCUT2D eigenvalue weighted by atomic mass is 10.1. The molecule has 0 aliphatic heterocycles. The third kappa shape index (κ3) is 2.23. The van der Waals surface area contributed by atoms with E-state index in [-0.39, 0.29) is 17.1 Å². The minimum absolute atomic E-state index is 0.00801. The Bertz CT molecular complexity index is 366. The van der Waals surface area contributed by atoms with Gasteiger partial charge < -0.3 is 11.1 Å². The quantitative estimate of drug-likeness (QED) is 0.572. The molecular formula is C9H9ClN2O2. The maximum atomic E-state index is 11.4. The van der Waals surface area contributed by atoms with Crippen LogP contribution < -0.4 is 11.1 Å². The number of alkyl halides is 1. The van der Waals surface area contributed by atoms with Gasteiger partial charge in [-0.25, -0.2) is 0 Å². The van der Waals surface area contributed by atoms with Crippen molar-refractivity contribution in [2.24, 2.45) is 5.73 Å². The molecule has 0 saturated heterocycles. The predicted molar refractivity (Wildman–Crippen MR) is 53.1 cm³/mol. The fourth-order valence-electron chi connectivity index (χ4n) is 1.05. The van der Waals surface area contributed by atoms with Gasteiger partial charge in [-0.1, -0.05) is 12.1 Å². The standard InChI is InChI=1S/C9H9ClN2O2/c10-5-12-9(14)7-4-2-1-3-6(7)8(11)13/h1-4H,5H2,(H2,11,13)(H,12,14). The molecule has 1 aromatic rings. The summed E-state index contributed by atoms with van der Waals surface area (Å²) < 4.78 is 0. The van der Waals surface area contributed by atoms with Crippen LogP contribution >= 0.6 is 11.6 Å². The molecule has 0 heterocycles. The number of nitrogens with two attached hydrogens (primary N) is 1. The van der Waals surface area contributed by atoms with Gasteiger partial charge in [-0.2, -0.15) is 0 Å². The van der Waals surface area contributed by atoms with Gasteiger partial charge >= 0.3 is 0 Å². The summed E-state index contributed by atoms with van der Waals surface area (Å²) in [6.07, 6.45) is 0. The number of hydrogen-bond acceptors (Lipinski definition) is 2. The van der Waals surface area contributed by atoms with E-state index in [0.717, 1.165) is 0 Å². The van der Waals surface area contributed by atoms with Crippen LogP contribution in [0.4, 0.5) is 0 Å². The van der Waals surface area contributed by atoms with Crippen LogP contribution in [0.5, 0.6) is 0 Å². The Labute approximate surface area is 86.0 Å². The Morgan fingerprint density at radius 1 is 1.29 bits per heavy atom. The van der Waals surface area contributed by atoms with Crippen molar-refractivity contribution < 1.29 is 9.59 Å². The van der Waals surface area contributed by atoms with Crippen molar-refractivity contribution in [1.82, 2.24) is 5.32 Å². The smallest absolute Gasteiger partial charge is 0.253 e. The molecule has 1 aromatic carbocycles. The first-order valence-corrected chi connectivity index (χ1v) is 4.43. The monoisotopic (exact) mass is 212 g/mol. The van der Waals surface area contributed by atoms with Gasteiger partial charge in [0.25, 0.3) is 5.91 Å². The van der Waals surface area contributed by atoms with E-state index in [1.54, 1.807) is 12.1 Å².